The molecule has 1 atom stereocenters. The SMILES string of the molecule is Cc1ccc(S(=O)(=O)N(CC(O)CN2CCN(C)CC2)c2ccc(F)cc2)cc1. The van der Waals surface area contributed by atoms with E-state index in [-0.39, 0.29) is 11.4 Å². The smallest absolute Gasteiger partial charge is 0.264 e. The summed E-state index contributed by atoms with van der Waals surface area (Å²) in [6.45, 7) is 5.65. The Morgan fingerprint density at radius 3 is 2.21 bits per heavy atom. The standard InChI is InChI=1S/C21H28FN3O3S/c1-17-3-9-21(10-4-17)29(27,28)25(19-7-5-18(22)6-8-19)16-20(26)15-24-13-11-23(2)12-14-24/h3-10,20,26H,11-16H2,1-2H3. The van der Waals surface area contributed by atoms with Gasteiger partial charge in [0.25, 0.3) is 10.0 Å². The first-order valence-corrected chi connectivity index (χ1v) is 11.1. The summed E-state index contributed by atoms with van der Waals surface area (Å²) in [4.78, 5) is 4.49. The summed E-state index contributed by atoms with van der Waals surface area (Å²) >= 11 is 0. The first-order valence-electron chi connectivity index (χ1n) is 9.69. The number of aryl methyl sites for hydroxylation is 1. The zero-order valence-electron chi connectivity index (χ0n) is 16.8. The number of hydrogen-bond acceptors (Lipinski definition) is 5. The maximum absolute atomic E-state index is 13.4. The Hall–Kier alpha value is -2.00. The minimum Gasteiger partial charge on any atom is -0.390 e. The largest absolute Gasteiger partial charge is 0.390 e. The van der Waals surface area contributed by atoms with Crippen molar-refractivity contribution < 1.29 is 17.9 Å². The van der Waals surface area contributed by atoms with Gasteiger partial charge >= 0.3 is 0 Å². The fraction of sp³-hybridized carbons (Fsp3) is 0.429. The molecule has 0 radical (unpaired) electrons. The number of aliphatic hydroxyl groups is 1. The number of hydrogen-bond donors (Lipinski definition) is 1. The van der Waals surface area contributed by atoms with E-state index in [0.29, 0.717) is 12.2 Å². The van der Waals surface area contributed by atoms with Crippen molar-refractivity contribution in [3.63, 3.8) is 0 Å². The maximum atomic E-state index is 13.4. The first kappa shape index (κ1) is 21.7. The molecule has 0 aliphatic carbocycles. The van der Waals surface area contributed by atoms with Gasteiger partial charge in [0, 0.05) is 32.7 Å². The summed E-state index contributed by atoms with van der Waals surface area (Å²) in [6, 6.07) is 11.8. The minimum atomic E-state index is -3.90. The zero-order valence-corrected chi connectivity index (χ0v) is 17.6. The second-order valence-corrected chi connectivity index (χ2v) is 9.45. The molecule has 29 heavy (non-hydrogen) atoms. The van der Waals surface area contributed by atoms with Crippen molar-refractivity contribution in [1.29, 1.82) is 0 Å². The van der Waals surface area contributed by atoms with Crippen LogP contribution >= 0.6 is 0 Å². The van der Waals surface area contributed by atoms with Crippen LogP contribution in [0.1, 0.15) is 5.56 Å². The van der Waals surface area contributed by atoms with Crippen LogP contribution in [-0.2, 0) is 10.0 Å². The Labute approximate surface area is 172 Å². The van der Waals surface area contributed by atoms with Gasteiger partial charge in [-0.15, -0.1) is 0 Å². The fourth-order valence-electron chi connectivity index (χ4n) is 3.36. The van der Waals surface area contributed by atoms with Gasteiger partial charge < -0.3 is 10.0 Å². The molecule has 1 fully saturated rings. The lowest BCUT2D eigenvalue weighted by Gasteiger charge is -2.34. The first-order chi connectivity index (χ1) is 13.8. The van der Waals surface area contributed by atoms with E-state index in [1.807, 2.05) is 6.92 Å². The van der Waals surface area contributed by atoms with Crippen molar-refractivity contribution in [2.24, 2.45) is 0 Å². The fourth-order valence-corrected chi connectivity index (χ4v) is 4.87. The van der Waals surface area contributed by atoms with Gasteiger partial charge in [0.1, 0.15) is 5.82 Å². The molecule has 1 aliphatic heterocycles. The van der Waals surface area contributed by atoms with Crippen LogP contribution in [0.15, 0.2) is 53.4 Å². The van der Waals surface area contributed by atoms with Gasteiger partial charge in [0.2, 0.25) is 0 Å². The normalized spacial score (nSPS) is 17.2. The molecule has 0 aromatic heterocycles. The van der Waals surface area contributed by atoms with Crippen molar-refractivity contribution in [2.45, 2.75) is 17.9 Å². The molecule has 8 heteroatoms. The van der Waals surface area contributed by atoms with Gasteiger partial charge in [-0.3, -0.25) is 9.21 Å². The highest BCUT2D eigenvalue weighted by Crippen LogP contribution is 2.25. The molecule has 0 saturated carbocycles. The van der Waals surface area contributed by atoms with E-state index in [9.17, 15) is 17.9 Å². The lowest BCUT2D eigenvalue weighted by atomic mass is 10.2. The third kappa shape index (κ3) is 5.54. The molecular formula is C21H28FN3O3S. The van der Waals surface area contributed by atoms with E-state index in [1.54, 1.807) is 24.3 Å². The average Bonchev–Trinajstić information content (AvgIpc) is 2.69. The minimum absolute atomic E-state index is 0.103. The Morgan fingerprint density at radius 1 is 1.03 bits per heavy atom. The number of piperazine rings is 1. The number of likely N-dealkylation sites (N-methyl/N-ethyl adjacent to an activating group) is 1. The van der Waals surface area contributed by atoms with E-state index in [1.165, 1.54) is 24.3 Å². The third-order valence-electron chi connectivity index (χ3n) is 5.17. The van der Waals surface area contributed by atoms with Gasteiger partial charge in [-0.2, -0.15) is 0 Å². The number of aliphatic hydroxyl groups excluding tert-OH is 1. The molecule has 0 spiro atoms. The van der Waals surface area contributed by atoms with Crippen molar-refractivity contribution in [3.05, 3.63) is 59.9 Å². The number of benzene rings is 2. The quantitative estimate of drug-likeness (QED) is 0.740. The van der Waals surface area contributed by atoms with Gasteiger partial charge in [-0.1, -0.05) is 17.7 Å². The second-order valence-electron chi connectivity index (χ2n) is 7.58. The summed E-state index contributed by atoms with van der Waals surface area (Å²) in [5.41, 5.74) is 1.27. The second kappa shape index (κ2) is 9.21. The van der Waals surface area contributed by atoms with Crippen molar-refractivity contribution in [1.82, 2.24) is 9.80 Å². The molecule has 3 rings (SSSR count). The topological polar surface area (TPSA) is 64.1 Å². The summed E-state index contributed by atoms with van der Waals surface area (Å²) in [6.07, 6.45) is -0.872. The molecule has 158 valence electrons. The summed E-state index contributed by atoms with van der Waals surface area (Å²) < 4.78 is 41.2. The Balaban J connectivity index is 1.83. The molecular weight excluding hydrogens is 393 g/mol. The maximum Gasteiger partial charge on any atom is 0.264 e. The molecule has 0 amide bonds. The Morgan fingerprint density at radius 2 is 1.62 bits per heavy atom. The van der Waals surface area contributed by atoms with E-state index >= 15 is 0 Å². The highest BCUT2D eigenvalue weighted by Gasteiger charge is 2.28. The van der Waals surface area contributed by atoms with Crippen LogP contribution in [0.2, 0.25) is 0 Å². The predicted octanol–water partition coefficient (Wildman–Crippen LogP) is 1.94. The van der Waals surface area contributed by atoms with Crippen molar-refractivity contribution in [2.75, 3.05) is 50.6 Å². The van der Waals surface area contributed by atoms with Crippen LogP contribution in [0, 0.1) is 12.7 Å². The van der Waals surface area contributed by atoms with Gasteiger partial charge in [-0.05, 0) is 50.4 Å². The van der Waals surface area contributed by atoms with E-state index in [2.05, 4.69) is 16.8 Å². The number of rotatable bonds is 7. The lowest BCUT2D eigenvalue weighted by molar-refractivity contribution is 0.0853. The van der Waals surface area contributed by atoms with Crippen molar-refractivity contribution >= 4 is 15.7 Å². The monoisotopic (exact) mass is 421 g/mol. The van der Waals surface area contributed by atoms with Gasteiger partial charge in [0.15, 0.2) is 0 Å². The van der Waals surface area contributed by atoms with Crippen LogP contribution in [0.5, 0.6) is 0 Å². The lowest BCUT2D eigenvalue weighted by Crippen LogP contribution is -2.49. The average molecular weight is 422 g/mol. The van der Waals surface area contributed by atoms with E-state index in [0.717, 1.165) is 36.0 Å². The van der Waals surface area contributed by atoms with Crippen LogP contribution < -0.4 is 4.31 Å². The molecule has 2 aromatic rings. The van der Waals surface area contributed by atoms with E-state index < -0.39 is 21.9 Å². The molecule has 1 aliphatic rings. The van der Waals surface area contributed by atoms with Crippen LogP contribution in [0.3, 0.4) is 0 Å². The molecule has 0 bridgehead atoms. The number of halogens is 1. The molecule has 1 heterocycles. The molecule has 6 nitrogen and oxygen atoms in total. The van der Waals surface area contributed by atoms with Crippen LogP contribution in [-0.4, -0.2) is 75.7 Å². The van der Waals surface area contributed by atoms with Crippen LogP contribution in [0.25, 0.3) is 0 Å². The Kier molecular flexibility index (Phi) is 6.89. The Bertz CT molecular complexity index is 896. The van der Waals surface area contributed by atoms with E-state index in [4.69, 9.17) is 0 Å². The number of sulfonamides is 1. The summed E-state index contributed by atoms with van der Waals surface area (Å²) in [5, 5.41) is 10.7. The number of nitrogens with zero attached hydrogens (tertiary/aromatic N) is 3. The highest BCUT2D eigenvalue weighted by atomic mass is 32.2. The molecule has 1 N–H and O–H groups in total. The highest BCUT2D eigenvalue weighted by molar-refractivity contribution is 7.92. The predicted molar refractivity (Wildman–Crippen MR) is 112 cm³/mol. The van der Waals surface area contributed by atoms with Crippen molar-refractivity contribution in [3.8, 4) is 0 Å². The number of anilines is 1. The number of β-amino-alcohol motifs (C(OH)–C–C–N with tert-alkyl or cyclic N) is 1. The molecule has 1 unspecified atom stereocenters. The van der Waals surface area contributed by atoms with Gasteiger partial charge in [0.05, 0.1) is 23.2 Å². The molecule has 2 aromatic carbocycles. The zero-order chi connectivity index (χ0) is 21.0. The molecule has 1 saturated heterocycles. The summed E-state index contributed by atoms with van der Waals surface area (Å²) in [7, 11) is -1.85. The van der Waals surface area contributed by atoms with Gasteiger partial charge in [-0.25, -0.2) is 12.8 Å². The third-order valence-corrected chi connectivity index (χ3v) is 6.97. The van der Waals surface area contributed by atoms with Crippen LogP contribution in [0.4, 0.5) is 10.1 Å². The summed E-state index contributed by atoms with van der Waals surface area (Å²) in [5.74, 6) is -0.445.